The molecule has 1 aromatic rings. The van der Waals surface area contributed by atoms with Gasteiger partial charge in [0.25, 0.3) is 0 Å². The topological polar surface area (TPSA) is 49.4 Å². The Morgan fingerprint density at radius 3 is 2.57 bits per heavy atom. The molecule has 1 atom stereocenters. The Kier molecular flexibility index (Phi) is 4.33. The molecule has 0 amide bonds. The van der Waals surface area contributed by atoms with E-state index in [9.17, 15) is 8.42 Å². The SMILES string of the molecule is Cc1ccccc1S(=O)(=O)N(CC1CCCCN1)C1CC1. The molecule has 1 aliphatic carbocycles. The van der Waals surface area contributed by atoms with Crippen molar-refractivity contribution in [2.24, 2.45) is 0 Å². The molecule has 1 unspecified atom stereocenters. The second-order valence-electron chi connectivity index (χ2n) is 6.22. The minimum atomic E-state index is -3.37. The number of nitrogens with zero attached hydrogens (tertiary/aromatic N) is 1. The second kappa shape index (κ2) is 6.07. The van der Waals surface area contributed by atoms with Crippen LogP contribution in [0.5, 0.6) is 0 Å². The lowest BCUT2D eigenvalue weighted by atomic mass is 10.1. The summed E-state index contributed by atoms with van der Waals surface area (Å²) in [5.74, 6) is 0. The fourth-order valence-corrected chi connectivity index (χ4v) is 5.03. The molecule has 1 aromatic carbocycles. The van der Waals surface area contributed by atoms with Crippen molar-refractivity contribution < 1.29 is 8.42 Å². The molecular formula is C16H24N2O2S. The highest BCUT2D eigenvalue weighted by Crippen LogP contribution is 2.33. The van der Waals surface area contributed by atoms with Gasteiger partial charge in [0.15, 0.2) is 0 Å². The number of piperidine rings is 1. The normalized spacial score (nSPS) is 23.4. The van der Waals surface area contributed by atoms with E-state index in [0.29, 0.717) is 17.5 Å². The molecule has 0 radical (unpaired) electrons. The lowest BCUT2D eigenvalue weighted by Gasteiger charge is -2.30. The van der Waals surface area contributed by atoms with E-state index in [1.807, 2.05) is 25.1 Å². The molecule has 1 aliphatic heterocycles. The molecular weight excluding hydrogens is 284 g/mol. The minimum absolute atomic E-state index is 0.207. The number of sulfonamides is 1. The first-order valence-electron chi connectivity index (χ1n) is 7.90. The third kappa shape index (κ3) is 3.30. The lowest BCUT2D eigenvalue weighted by molar-refractivity contribution is 0.307. The smallest absolute Gasteiger partial charge is 0.243 e. The highest BCUT2D eigenvalue weighted by molar-refractivity contribution is 7.89. The Labute approximate surface area is 127 Å². The minimum Gasteiger partial charge on any atom is -0.313 e. The van der Waals surface area contributed by atoms with E-state index in [1.165, 1.54) is 12.8 Å². The largest absolute Gasteiger partial charge is 0.313 e. The zero-order valence-corrected chi connectivity index (χ0v) is 13.4. The average Bonchev–Trinajstić information content (AvgIpc) is 3.30. The van der Waals surface area contributed by atoms with Gasteiger partial charge in [-0.15, -0.1) is 0 Å². The molecule has 5 heteroatoms. The van der Waals surface area contributed by atoms with Crippen molar-refractivity contribution in [3.63, 3.8) is 0 Å². The number of hydrogen-bond donors (Lipinski definition) is 1. The Balaban J connectivity index is 1.84. The highest BCUT2D eigenvalue weighted by atomic mass is 32.2. The Morgan fingerprint density at radius 1 is 1.19 bits per heavy atom. The highest BCUT2D eigenvalue weighted by Gasteiger charge is 2.39. The van der Waals surface area contributed by atoms with Crippen molar-refractivity contribution in [2.45, 2.75) is 56.0 Å². The van der Waals surface area contributed by atoms with Gasteiger partial charge in [-0.25, -0.2) is 8.42 Å². The van der Waals surface area contributed by atoms with E-state index >= 15 is 0 Å². The van der Waals surface area contributed by atoms with Crippen molar-refractivity contribution in [3.05, 3.63) is 29.8 Å². The van der Waals surface area contributed by atoms with Gasteiger partial charge in [0, 0.05) is 18.6 Å². The summed E-state index contributed by atoms with van der Waals surface area (Å²) in [4.78, 5) is 0.465. The molecule has 1 N–H and O–H groups in total. The Bertz CT molecular complexity index is 590. The lowest BCUT2D eigenvalue weighted by Crippen LogP contribution is -2.46. The fourth-order valence-electron chi connectivity index (χ4n) is 3.08. The van der Waals surface area contributed by atoms with E-state index in [2.05, 4.69) is 5.32 Å². The number of benzene rings is 1. The standard InChI is InChI=1S/C16H24N2O2S/c1-13-6-2-3-8-16(13)21(19,20)18(15-9-10-15)12-14-7-4-5-11-17-14/h2-3,6,8,14-15,17H,4-5,7,9-12H2,1H3. The molecule has 1 heterocycles. The van der Waals surface area contributed by atoms with Gasteiger partial charge in [0.05, 0.1) is 4.90 Å². The second-order valence-corrected chi connectivity index (χ2v) is 8.08. The van der Waals surface area contributed by atoms with Crippen molar-refractivity contribution in [2.75, 3.05) is 13.1 Å². The molecule has 4 nitrogen and oxygen atoms in total. The first-order chi connectivity index (χ1) is 10.1. The summed E-state index contributed by atoms with van der Waals surface area (Å²) in [6.45, 7) is 3.49. The molecule has 0 spiro atoms. The maximum atomic E-state index is 13.0. The first-order valence-corrected chi connectivity index (χ1v) is 9.34. The number of nitrogens with one attached hydrogen (secondary N) is 1. The average molecular weight is 308 g/mol. The monoisotopic (exact) mass is 308 g/mol. The molecule has 1 saturated heterocycles. The number of rotatable bonds is 5. The van der Waals surface area contributed by atoms with Crippen LogP contribution in [-0.4, -0.2) is 37.9 Å². The summed E-state index contributed by atoms with van der Waals surface area (Å²) in [5.41, 5.74) is 0.833. The molecule has 1 saturated carbocycles. The van der Waals surface area contributed by atoms with Crippen molar-refractivity contribution in [1.82, 2.24) is 9.62 Å². The molecule has 21 heavy (non-hydrogen) atoms. The molecule has 3 rings (SSSR count). The summed E-state index contributed by atoms with van der Waals surface area (Å²) < 4.78 is 27.8. The van der Waals surface area contributed by atoms with Crippen molar-refractivity contribution in [1.29, 1.82) is 0 Å². The van der Waals surface area contributed by atoms with Gasteiger partial charge in [-0.05, 0) is 50.8 Å². The maximum absolute atomic E-state index is 13.0. The van der Waals surface area contributed by atoms with Crippen LogP contribution in [0.1, 0.15) is 37.7 Å². The first kappa shape index (κ1) is 15.0. The van der Waals surface area contributed by atoms with Gasteiger partial charge >= 0.3 is 0 Å². The van der Waals surface area contributed by atoms with Gasteiger partial charge in [0.2, 0.25) is 10.0 Å². The summed E-state index contributed by atoms with van der Waals surface area (Å²) in [7, 11) is -3.37. The van der Waals surface area contributed by atoms with Crippen LogP contribution in [0.2, 0.25) is 0 Å². The summed E-state index contributed by atoms with van der Waals surface area (Å²) in [6, 6.07) is 7.81. The molecule has 0 aromatic heterocycles. The van der Waals surface area contributed by atoms with Crippen molar-refractivity contribution >= 4 is 10.0 Å². The molecule has 116 valence electrons. The van der Waals surface area contributed by atoms with E-state index < -0.39 is 10.0 Å². The number of hydrogen-bond acceptors (Lipinski definition) is 3. The van der Waals surface area contributed by atoms with Crippen LogP contribution in [0.15, 0.2) is 29.2 Å². The van der Waals surface area contributed by atoms with Crippen LogP contribution in [-0.2, 0) is 10.0 Å². The van der Waals surface area contributed by atoms with E-state index in [1.54, 1.807) is 10.4 Å². The van der Waals surface area contributed by atoms with Crippen LogP contribution in [0.25, 0.3) is 0 Å². The van der Waals surface area contributed by atoms with E-state index in [-0.39, 0.29) is 6.04 Å². The fraction of sp³-hybridized carbons (Fsp3) is 0.625. The van der Waals surface area contributed by atoms with Crippen LogP contribution in [0, 0.1) is 6.92 Å². The van der Waals surface area contributed by atoms with Gasteiger partial charge in [-0.3, -0.25) is 0 Å². The van der Waals surface area contributed by atoms with E-state index in [4.69, 9.17) is 0 Å². The van der Waals surface area contributed by atoms with E-state index in [0.717, 1.165) is 31.4 Å². The van der Waals surface area contributed by atoms with Crippen LogP contribution in [0.3, 0.4) is 0 Å². The molecule has 2 fully saturated rings. The summed E-state index contributed by atoms with van der Waals surface area (Å²) in [6.07, 6.45) is 5.47. The number of aryl methyl sites for hydroxylation is 1. The zero-order chi connectivity index (χ0) is 14.9. The van der Waals surface area contributed by atoms with Crippen molar-refractivity contribution in [3.8, 4) is 0 Å². The third-order valence-electron chi connectivity index (χ3n) is 4.45. The van der Waals surface area contributed by atoms with Gasteiger partial charge in [0.1, 0.15) is 0 Å². The Hall–Kier alpha value is -0.910. The van der Waals surface area contributed by atoms with Crippen LogP contribution in [0.4, 0.5) is 0 Å². The van der Waals surface area contributed by atoms with Gasteiger partial charge in [-0.1, -0.05) is 24.6 Å². The van der Waals surface area contributed by atoms with Gasteiger partial charge in [-0.2, -0.15) is 4.31 Å². The zero-order valence-electron chi connectivity index (χ0n) is 12.6. The third-order valence-corrected chi connectivity index (χ3v) is 6.53. The quantitative estimate of drug-likeness (QED) is 0.908. The van der Waals surface area contributed by atoms with Crippen LogP contribution >= 0.6 is 0 Å². The Morgan fingerprint density at radius 2 is 1.95 bits per heavy atom. The predicted molar refractivity (Wildman–Crippen MR) is 83.7 cm³/mol. The van der Waals surface area contributed by atoms with Gasteiger partial charge < -0.3 is 5.32 Å². The predicted octanol–water partition coefficient (Wildman–Crippen LogP) is 2.29. The molecule has 0 bridgehead atoms. The molecule has 2 aliphatic rings. The summed E-state index contributed by atoms with van der Waals surface area (Å²) >= 11 is 0. The summed E-state index contributed by atoms with van der Waals surface area (Å²) in [5, 5.41) is 3.46. The van der Waals surface area contributed by atoms with Crippen LogP contribution < -0.4 is 5.32 Å². The maximum Gasteiger partial charge on any atom is 0.243 e.